The van der Waals surface area contributed by atoms with Crippen LogP contribution in [-0.2, 0) is 4.74 Å². The maximum absolute atomic E-state index is 10.4. The highest BCUT2D eigenvalue weighted by molar-refractivity contribution is 4.97. The summed E-state index contributed by atoms with van der Waals surface area (Å²) in [5, 5.41) is 10.4. The van der Waals surface area contributed by atoms with Crippen LogP contribution in [0.5, 0.6) is 0 Å². The van der Waals surface area contributed by atoms with Crippen LogP contribution in [0.3, 0.4) is 0 Å². The molecule has 1 saturated carbocycles. The lowest BCUT2D eigenvalue weighted by atomic mass is 9.76. The first-order valence-corrected chi connectivity index (χ1v) is 6.94. The lowest BCUT2D eigenvalue weighted by Crippen LogP contribution is -2.63. The smallest absolute Gasteiger partial charge is 0.0700 e. The molecule has 2 aliphatic rings. The minimum absolute atomic E-state index is 0.0543. The Morgan fingerprint density at radius 3 is 2.53 bits per heavy atom. The van der Waals surface area contributed by atoms with Gasteiger partial charge in [0.1, 0.15) is 0 Å². The first-order chi connectivity index (χ1) is 7.92. The number of nitrogens with zero attached hydrogens (tertiary/aromatic N) is 1. The second kappa shape index (κ2) is 4.87. The van der Waals surface area contributed by atoms with Gasteiger partial charge in [-0.05, 0) is 38.5 Å². The molecule has 0 amide bonds. The summed E-state index contributed by atoms with van der Waals surface area (Å²) >= 11 is 0. The number of morpholine rings is 1. The molecule has 0 aromatic rings. The Morgan fingerprint density at radius 1 is 1.24 bits per heavy atom. The molecule has 17 heavy (non-hydrogen) atoms. The van der Waals surface area contributed by atoms with E-state index in [1.54, 1.807) is 0 Å². The Bertz CT molecular complexity index is 255. The third kappa shape index (κ3) is 2.67. The van der Waals surface area contributed by atoms with Crippen molar-refractivity contribution in [1.82, 2.24) is 4.90 Å². The van der Waals surface area contributed by atoms with Crippen LogP contribution in [0, 0.1) is 11.8 Å². The average molecular weight is 241 g/mol. The summed E-state index contributed by atoms with van der Waals surface area (Å²) in [5.41, 5.74) is 0.0543. The van der Waals surface area contributed by atoms with E-state index in [9.17, 15) is 5.11 Å². The molecule has 0 aromatic carbocycles. The SMILES string of the molecule is CC1CC(C)C(N2CCOCC2(C)C)C(O)C1. The van der Waals surface area contributed by atoms with Crippen molar-refractivity contribution in [1.29, 1.82) is 0 Å². The molecule has 1 aliphatic heterocycles. The molecular formula is C14H27NO2. The Morgan fingerprint density at radius 2 is 1.94 bits per heavy atom. The van der Waals surface area contributed by atoms with E-state index in [0.29, 0.717) is 17.9 Å². The van der Waals surface area contributed by atoms with Crippen molar-refractivity contribution < 1.29 is 9.84 Å². The quantitative estimate of drug-likeness (QED) is 0.761. The van der Waals surface area contributed by atoms with Crippen molar-refractivity contribution in [2.75, 3.05) is 19.8 Å². The van der Waals surface area contributed by atoms with Gasteiger partial charge in [-0.2, -0.15) is 0 Å². The Balaban J connectivity index is 2.14. The molecule has 0 bridgehead atoms. The van der Waals surface area contributed by atoms with Crippen LogP contribution in [0.1, 0.15) is 40.5 Å². The van der Waals surface area contributed by atoms with Gasteiger partial charge in [0.25, 0.3) is 0 Å². The zero-order chi connectivity index (χ0) is 12.6. The summed E-state index contributed by atoms with van der Waals surface area (Å²) in [6, 6.07) is 0.310. The van der Waals surface area contributed by atoms with Gasteiger partial charge in [-0.1, -0.05) is 13.8 Å². The summed E-state index contributed by atoms with van der Waals surface area (Å²) in [5.74, 6) is 1.23. The molecule has 2 fully saturated rings. The minimum atomic E-state index is -0.175. The van der Waals surface area contributed by atoms with Crippen molar-refractivity contribution in [3.63, 3.8) is 0 Å². The molecule has 2 rings (SSSR count). The fraction of sp³-hybridized carbons (Fsp3) is 1.00. The highest BCUT2D eigenvalue weighted by atomic mass is 16.5. The Kier molecular flexibility index (Phi) is 3.81. The van der Waals surface area contributed by atoms with Crippen LogP contribution in [-0.4, -0.2) is 47.4 Å². The molecule has 4 atom stereocenters. The van der Waals surface area contributed by atoms with Gasteiger partial charge in [-0.3, -0.25) is 4.90 Å². The van der Waals surface area contributed by atoms with Gasteiger partial charge in [0.15, 0.2) is 0 Å². The van der Waals surface area contributed by atoms with E-state index in [1.165, 1.54) is 6.42 Å². The molecule has 100 valence electrons. The number of aliphatic hydroxyl groups excluding tert-OH is 1. The monoisotopic (exact) mass is 241 g/mol. The highest BCUT2D eigenvalue weighted by Gasteiger charge is 2.43. The molecule has 3 nitrogen and oxygen atoms in total. The zero-order valence-corrected chi connectivity index (χ0v) is 11.6. The van der Waals surface area contributed by atoms with Crippen LogP contribution in [0.25, 0.3) is 0 Å². The van der Waals surface area contributed by atoms with Crippen LogP contribution in [0.4, 0.5) is 0 Å². The van der Waals surface area contributed by atoms with Gasteiger partial charge in [0, 0.05) is 18.1 Å². The molecule has 3 heteroatoms. The first kappa shape index (κ1) is 13.3. The number of aliphatic hydroxyl groups is 1. The largest absolute Gasteiger partial charge is 0.391 e. The normalized spacial score (nSPS) is 43.6. The van der Waals surface area contributed by atoms with E-state index in [0.717, 1.165) is 26.2 Å². The zero-order valence-electron chi connectivity index (χ0n) is 11.6. The summed E-state index contributed by atoms with van der Waals surface area (Å²) < 4.78 is 5.57. The molecule has 1 N–H and O–H groups in total. The van der Waals surface area contributed by atoms with Crippen LogP contribution < -0.4 is 0 Å². The first-order valence-electron chi connectivity index (χ1n) is 6.94. The molecule has 1 heterocycles. The average Bonchev–Trinajstić information content (AvgIpc) is 2.18. The Labute approximate surface area is 105 Å². The fourth-order valence-electron chi connectivity index (χ4n) is 3.74. The van der Waals surface area contributed by atoms with E-state index in [4.69, 9.17) is 4.74 Å². The van der Waals surface area contributed by atoms with E-state index in [2.05, 4.69) is 32.6 Å². The molecule has 0 aromatic heterocycles. The van der Waals surface area contributed by atoms with Gasteiger partial charge in [0.05, 0.1) is 19.3 Å². The lowest BCUT2D eigenvalue weighted by Gasteiger charge is -2.52. The van der Waals surface area contributed by atoms with E-state index in [-0.39, 0.29) is 11.6 Å². The van der Waals surface area contributed by atoms with Crippen molar-refractivity contribution in [2.24, 2.45) is 11.8 Å². The predicted octanol–water partition coefficient (Wildman–Crippen LogP) is 1.89. The van der Waals surface area contributed by atoms with E-state index >= 15 is 0 Å². The van der Waals surface area contributed by atoms with Gasteiger partial charge in [-0.25, -0.2) is 0 Å². The third-order valence-electron chi connectivity index (χ3n) is 4.46. The summed E-state index contributed by atoms with van der Waals surface area (Å²) in [6.07, 6.45) is 2.00. The number of hydrogen-bond donors (Lipinski definition) is 1. The summed E-state index contributed by atoms with van der Waals surface area (Å²) in [6.45, 7) is 11.5. The minimum Gasteiger partial charge on any atom is -0.391 e. The van der Waals surface area contributed by atoms with Crippen LogP contribution in [0.2, 0.25) is 0 Å². The predicted molar refractivity (Wildman–Crippen MR) is 69.0 cm³/mol. The molecule has 0 spiro atoms. The standard InChI is InChI=1S/C14H27NO2/c1-10-7-11(2)13(12(16)8-10)15-5-6-17-9-14(15,3)4/h10-13,16H,5-9H2,1-4H3. The van der Waals surface area contributed by atoms with E-state index in [1.807, 2.05) is 0 Å². The van der Waals surface area contributed by atoms with Gasteiger partial charge >= 0.3 is 0 Å². The molecule has 0 radical (unpaired) electrons. The molecule has 4 unspecified atom stereocenters. The van der Waals surface area contributed by atoms with Crippen molar-refractivity contribution in [2.45, 2.75) is 58.2 Å². The van der Waals surface area contributed by atoms with Gasteiger partial charge < -0.3 is 9.84 Å². The second-order valence-electron chi connectivity index (χ2n) is 6.67. The second-order valence-corrected chi connectivity index (χ2v) is 6.67. The van der Waals surface area contributed by atoms with E-state index < -0.39 is 0 Å². The fourth-order valence-corrected chi connectivity index (χ4v) is 3.74. The lowest BCUT2D eigenvalue weighted by molar-refractivity contribution is -0.123. The Hall–Kier alpha value is -0.120. The topological polar surface area (TPSA) is 32.7 Å². The van der Waals surface area contributed by atoms with Crippen molar-refractivity contribution >= 4 is 0 Å². The van der Waals surface area contributed by atoms with Crippen LogP contribution in [0.15, 0.2) is 0 Å². The number of hydrogen-bond acceptors (Lipinski definition) is 3. The van der Waals surface area contributed by atoms with Gasteiger partial charge in [-0.15, -0.1) is 0 Å². The van der Waals surface area contributed by atoms with Crippen molar-refractivity contribution in [3.8, 4) is 0 Å². The summed E-state index contributed by atoms with van der Waals surface area (Å²) in [4.78, 5) is 2.48. The molecule has 1 saturated heterocycles. The van der Waals surface area contributed by atoms with Crippen molar-refractivity contribution in [3.05, 3.63) is 0 Å². The van der Waals surface area contributed by atoms with Crippen LogP contribution >= 0.6 is 0 Å². The number of rotatable bonds is 1. The maximum Gasteiger partial charge on any atom is 0.0700 e. The third-order valence-corrected chi connectivity index (χ3v) is 4.46. The molecule has 1 aliphatic carbocycles. The number of ether oxygens (including phenoxy) is 1. The van der Waals surface area contributed by atoms with Gasteiger partial charge in [0.2, 0.25) is 0 Å². The molecular weight excluding hydrogens is 214 g/mol. The maximum atomic E-state index is 10.4. The highest BCUT2D eigenvalue weighted by Crippen LogP contribution is 2.36. The summed E-state index contributed by atoms with van der Waals surface area (Å²) in [7, 11) is 0.